The Morgan fingerprint density at radius 3 is 2.35 bits per heavy atom. The number of halogens is 1. The molecule has 2 aromatic rings. The van der Waals surface area contributed by atoms with Gasteiger partial charge < -0.3 is 15.0 Å². The summed E-state index contributed by atoms with van der Waals surface area (Å²) in [6.45, 7) is 0. The maximum atomic E-state index is 11.2. The van der Waals surface area contributed by atoms with E-state index >= 15 is 0 Å². The van der Waals surface area contributed by atoms with Gasteiger partial charge in [0, 0.05) is 5.69 Å². The summed E-state index contributed by atoms with van der Waals surface area (Å²) < 4.78 is 38.8. The molecule has 0 saturated heterocycles. The molecule has 0 saturated carbocycles. The van der Waals surface area contributed by atoms with Crippen LogP contribution in [0.5, 0.6) is 11.5 Å². The van der Waals surface area contributed by atoms with E-state index < -0.39 is 15.0 Å². The zero-order chi connectivity index (χ0) is 14.0. The topological polar surface area (TPSA) is 92.5 Å². The van der Waals surface area contributed by atoms with Gasteiger partial charge in [0.05, 0.1) is 9.92 Å². The standard InChI is InChI=1S/C12H10ClNO4S.Na/c13-9-3-1-2-4-10(9)18-11-6-5-8(14)7-12(11)19(15,16)17;/h1-7H,14H2,(H,15,16,17);/q;+1/p-1. The van der Waals surface area contributed by atoms with E-state index in [0.29, 0.717) is 5.02 Å². The number of ether oxygens (including phenoxy) is 1. The molecule has 0 unspecified atom stereocenters. The van der Waals surface area contributed by atoms with Gasteiger partial charge in [0.2, 0.25) is 0 Å². The fourth-order valence-electron chi connectivity index (χ4n) is 1.45. The zero-order valence-corrected chi connectivity index (χ0v) is 14.1. The number of anilines is 1. The van der Waals surface area contributed by atoms with Crippen LogP contribution in [0.2, 0.25) is 5.02 Å². The van der Waals surface area contributed by atoms with Gasteiger partial charge in [-0.25, -0.2) is 8.42 Å². The molecule has 0 aliphatic carbocycles. The summed E-state index contributed by atoms with van der Waals surface area (Å²) in [5, 5.41) is 0.300. The Morgan fingerprint density at radius 2 is 1.75 bits per heavy atom. The Morgan fingerprint density at radius 1 is 1.10 bits per heavy atom. The van der Waals surface area contributed by atoms with Crippen molar-refractivity contribution in [3.05, 3.63) is 47.5 Å². The van der Waals surface area contributed by atoms with Crippen molar-refractivity contribution >= 4 is 27.4 Å². The SMILES string of the molecule is Nc1ccc(Oc2ccccc2Cl)c(S(=O)(=O)[O-])c1.[Na+]. The minimum absolute atomic E-state index is 0. The average molecular weight is 322 g/mol. The molecule has 0 atom stereocenters. The smallest absolute Gasteiger partial charge is 0.744 e. The Kier molecular flexibility index (Phi) is 5.88. The molecule has 100 valence electrons. The van der Waals surface area contributed by atoms with Crippen LogP contribution in [0, 0.1) is 0 Å². The first-order chi connectivity index (χ1) is 8.88. The van der Waals surface area contributed by atoms with Crippen molar-refractivity contribution in [2.24, 2.45) is 0 Å². The van der Waals surface area contributed by atoms with E-state index in [1.807, 2.05) is 0 Å². The second-order valence-corrected chi connectivity index (χ2v) is 5.45. The van der Waals surface area contributed by atoms with Crippen molar-refractivity contribution in [1.82, 2.24) is 0 Å². The van der Waals surface area contributed by atoms with Gasteiger partial charge in [-0.05, 0) is 30.3 Å². The number of rotatable bonds is 3. The largest absolute Gasteiger partial charge is 1.00 e. The maximum Gasteiger partial charge on any atom is 1.00 e. The van der Waals surface area contributed by atoms with Crippen LogP contribution in [0.4, 0.5) is 5.69 Å². The van der Waals surface area contributed by atoms with Crippen molar-refractivity contribution in [2.45, 2.75) is 4.90 Å². The van der Waals surface area contributed by atoms with E-state index in [4.69, 9.17) is 22.1 Å². The van der Waals surface area contributed by atoms with Crippen LogP contribution < -0.4 is 40.0 Å². The van der Waals surface area contributed by atoms with Crippen molar-refractivity contribution in [3.63, 3.8) is 0 Å². The van der Waals surface area contributed by atoms with Crippen LogP contribution in [0.15, 0.2) is 47.4 Å². The molecule has 0 amide bonds. The molecule has 0 heterocycles. The molecule has 0 aromatic heterocycles. The summed E-state index contributed by atoms with van der Waals surface area (Å²) >= 11 is 5.89. The quantitative estimate of drug-likeness (QED) is 0.473. The minimum atomic E-state index is -4.69. The molecule has 5 nitrogen and oxygen atoms in total. The number of nitrogens with two attached hydrogens (primary N) is 1. The average Bonchev–Trinajstić information content (AvgIpc) is 2.33. The van der Waals surface area contributed by atoms with E-state index in [-0.39, 0.29) is 46.7 Å². The number of hydrogen-bond donors (Lipinski definition) is 1. The van der Waals surface area contributed by atoms with E-state index in [1.54, 1.807) is 24.3 Å². The van der Waals surface area contributed by atoms with Gasteiger partial charge in [0.1, 0.15) is 21.6 Å². The molecule has 0 bridgehead atoms. The monoisotopic (exact) mass is 321 g/mol. The maximum absolute atomic E-state index is 11.2. The molecule has 0 aliphatic heterocycles. The van der Waals surface area contributed by atoms with Gasteiger partial charge in [-0.1, -0.05) is 23.7 Å². The van der Waals surface area contributed by atoms with Gasteiger partial charge in [0.15, 0.2) is 0 Å². The van der Waals surface area contributed by atoms with Gasteiger partial charge in [-0.2, -0.15) is 0 Å². The van der Waals surface area contributed by atoms with Gasteiger partial charge in [-0.15, -0.1) is 0 Å². The summed E-state index contributed by atoms with van der Waals surface area (Å²) in [6, 6.07) is 10.3. The molecule has 0 spiro atoms. The van der Waals surface area contributed by atoms with Crippen LogP contribution in [-0.4, -0.2) is 13.0 Å². The third-order valence-electron chi connectivity index (χ3n) is 2.29. The molecular formula is C12H9ClNNaO4S. The second kappa shape index (κ2) is 6.80. The summed E-state index contributed by atoms with van der Waals surface area (Å²) in [5.74, 6) is 0.135. The molecule has 0 aliphatic rings. The Hall–Kier alpha value is -0.760. The third kappa shape index (κ3) is 4.12. The summed E-state index contributed by atoms with van der Waals surface area (Å²) in [7, 11) is -4.69. The minimum Gasteiger partial charge on any atom is -0.744 e. The van der Waals surface area contributed by atoms with Crippen LogP contribution in [0.3, 0.4) is 0 Å². The fraction of sp³-hybridized carbons (Fsp3) is 0. The van der Waals surface area contributed by atoms with E-state index in [0.717, 1.165) is 6.07 Å². The van der Waals surface area contributed by atoms with E-state index in [1.165, 1.54) is 12.1 Å². The summed E-state index contributed by atoms with van der Waals surface area (Å²) in [5.41, 5.74) is 5.62. The Bertz CT molecular complexity index is 721. The number of hydrogen-bond acceptors (Lipinski definition) is 5. The van der Waals surface area contributed by atoms with Crippen LogP contribution >= 0.6 is 11.6 Å². The Labute approximate surface area is 143 Å². The predicted molar refractivity (Wildman–Crippen MR) is 70.3 cm³/mol. The first kappa shape index (κ1) is 17.3. The Balaban J connectivity index is 0.00000200. The number of para-hydroxylation sites is 1. The van der Waals surface area contributed by atoms with Gasteiger partial charge in [-0.3, -0.25) is 0 Å². The third-order valence-corrected chi connectivity index (χ3v) is 3.46. The normalized spacial score (nSPS) is 10.7. The van der Waals surface area contributed by atoms with Crippen molar-refractivity contribution < 1.29 is 47.3 Å². The fourth-order valence-corrected chi connectivity index (χ4v) is 2.26. The first-order valence-corrected chi connectivity index (χ1v) is 6.94. The number of benzene rings is 2. The van der Waals surface area contributed by atoms with E-state index in [2.05, 4.69) is 0 Å². The molecule has 8 heteroatoms. The first-order valence-electron chi connectivity index (χ1n) is 5.16. The molecule has 0 radical (unpaired) electrons. The van der Waals surface area contributed by atoms with Crippen molar-refractivity contribution in [1.29, 1.82) is 0 Å². The van der Waals surface area contributed by atoms with Crippen LogP contribution in [-0.2, 0) is 10.1 Å². The molecule has 2 rings (SSSR count). The second-order valence-electron chi connectivity index (χ2n) is 3.69. The molecule has 0 fully saturated rings. The molecule has 2 N–H and O–H groups in total. The van der Waals surface area contributed by atoms with Crippen LogP contribution in [0.1, 0.15) is 0 Å². The molecule has 2 aromatic carbocycles. The predicted octanol–water partition coefficient (Wildman–Crippen LogP) is -0.377. The van der Waals surface area contributed by atoms with E-state index in [9.17, 15) is 13.0 Å². The van der Waals surface area contributed by atoms with Gasteiger partial charge >= 0.3 is 29.6 Å². The molecular weight excluding hydrogens is 313 g/mol. The summed E-state index contributed by atoms with van der Waals surface area (Å²) in [4.78, 5) is -0.521. The van der Waals surface area contributed by atoms with Crippen molar-refractivity contribution in [3.8, 4) is 11.5 Å². The summed E-state index contributed by atoms with van der Waals surface area (Å²) in [6.07, 6.45) is 0. The van der Waals surface area contributed by atoms with Crippen LogP contribution in [0.25, 0.3) is 0 Å². The van der Waals surface area contributed by atoms with Crippen molar-refractivity contribution in [2.75, 3.05) is 5.73 Å². The van der Waals surface area contributed by atoms with Gasteiger partial charge in [0.25, 0.3) is 0 Å². The number of nitrogen functional groups attached to an aromatic ring is 1. The molecule has 20 heavy (non-hydrogen) atoms. The zero-order valence-electron chi connectivity index (χ0n) is 10.5.